The van der Waals surface area contributed by atoms with Gasteiger partial charge >= 0.3 is 0 Å². The highest BCUT2D eigenvalue weighted by Crippen LogP contribution is 2.31. The molecule has 30 heavy (non-hydrogen) atoms. The van der Waals surface area contributed by atoms with Crippen molar-refractivity contribution in [3.63, 3.8) is 0 Å². The van der Waals surface area contributed by atoms with Crippen LogP contribution in [0.5, 0.6) is 0 Å². The van der Waals surface area contributed by atoms with Gasteiger partial charge in [0.05, 0.1) is 11.4 Å². The SMILES string of the molecule is Cc1ccc(Cl)cc1Nc1ncnc(NN(c2ccccc2)c2ccccc2)c1N. The van der Waals surface area contributed by atoms with Gasteiger partial charge in [-0.25, -0.2) is 9.97 Å². The number of nitrogen functional groups attached to an aromatic ring is 1. The molecule has 0 saturated heterocycles. The van der Waals surface area contributed by atoms with Crippen molar-refractivity contribution in [2.24, 2.45) is 0 Å². The highest BCUT2D eigenvalue weighted by molar-refractivity contribution is 6.30. The van der Waals surface area contributed by atoms with Crippen LogP contribution in [0.3, 0.4) is 0 Å². The van der Waals surface area contributed by atoms with Crippen LogP contribution in [0, 0.1) is 6.92 Å². The van der Waals surface area contributed by atoms with E-state index in [9.17, 15) is 0 Å². The monoisotopic (exact) mass is 416 g/mol. The first kappa shape index (κ1) is 19.5. The molecular weight excluding hydrogens is 396 g/mol. The van der Waals surface area contributed by atoms with E-state index in [1.165, 1.54) is 6.33 Å². The molecule has 4 rings (SSSR count). The van der Waals surface area contributed by atoms with E-state index >= 15 is 0 Å². The minimum atomic E-state index is 0.397. The first-order chi connectivity index (χ1) is 14.6. The summed E-state index contributed by atoms with van der Waals surface area (Å²) in [6.45, 7) is 1.99. The first-order valence-electron chi connectivity index (χ1n) is 9.42. The lowest BCUT2D eigenvalue weighted by Crippen LogP contribution is -2.26. The Hall–Kier alpha value is -3.77. The van der Waals surface area contributed by atoms with E-state index in [0.717, 1.165) is 22.6 Å². The Morgan fingerprint density at radius 3 is 2.07 bits per heavy atom. The molecule has 0 aliphatic heterocycles. The summed E-state index contributed by atoms with van der Waals surface area (Å²) < 4.78 is 0. The average Bonchev–Trinajstić information content (AvgIpc) is 2.78. The number of nitrogens with one attached hydrogen (secondary N) is 2. The van der Waals surface area contributed by atoms with Crippen molar-refractivity contribution >= 4 is 46.0 Å². The zero-order valence-electron chi connectivity index (χ0n) is 16.4. The van der Waals surface area contributed by atoms with Gasteiger partial charge in [0.25, 0.3) is 0 Å². The number of para-hydroxylation sites is 2. The fraction of sp³-hybridized carbons (Fsp3) is 0.0435. The molecule has 150 valence electrons. The molecule has 0 radical (unpaired) electrons. The Kier molecular flexibility index (Phi) is 5.68. The van der Waals surface area contributed by atoms with Crippen LogP contribution in [0.1, 0.15) is 5.56 Å². The number of benzene rings is 3. The third-order valence-corrected chi connectivity index (χ3v) is 4.82. The molecule has 4 N–H and O–H groups in total. The Morgan fingerprint density at radius 1 is 0.833 bits per heavy atom. The lowest BCUT2D eigenvalue weighted by atomic mass is 10.2. The Morgan fingerprint density at radius 2 is 1.43 bits per heavy atom. The third-order valence-electron chi connectivity index (χ3n) is 4.58. The van der Waals surface area contributed by atoms with E-state index in [2.05, 4.69) is 20.7 Å². The average molecular weight is 417 g/mol. The fourth-order valence-electron chi connectivity index (χ4n) is 2.98. The quantitative estimate of drug-likeness (QED) is 0.338. The summed E-state index contributed by atoms with van der Waals surface area (Å²) in [5.74, 6) is 0.985. The number of hydrogen-bond acceptors (Lipinski definition) is 6. The molecule has 0 aliphatic carbocycles. The van der Waals surface area contributed by atoms with Gasteiger partial charge in [0.15, 0.2) is 11.6 Å². The van der Waals surface area contributed by atoms with Gasteiger partial charge in [-0.05, 0) is 48.9 Å². The number of aryl methyl sites for hydroxylation is 1. The van der Waals surface area contributed by atoms with E-state index in [1.54, 1.807) is 0 Å². The molecule has 0 aliphatic rings. The van der Waals surface area contributed by atoms with Crippen LogP contribution < -0.4 is 21.5 Å². The Bertz CT molecular complexity index is 1100. The lowest BCUT2D eigenvalue weighted by Gasteiger charge is -2.27. The third kappa shape index (κ3) is 4.29. The van der Waals surface area contributed by atoms with Crippen LogP contribution in [0.25, 0.3) is 0 Å². The number of anilines is 6. The zero-order chi connectivity index (χ0) is 20.9. The maximum Gasteiger partial charge on any atom is 0.173 e. The zero-order valence-corrected chi connectivity index (χ0v) is 17.1. The topological polar surface area (TPSA) is 79.1 Å². The van der Waals surface area contributed by atoms with Crippen molar-refractivity contribution in [2.75, 3.05) is 21.5 Å². The van der Waals surface area contributed by atoms with Gasteiger partial charge in [-0.3, -0.25) is 10.4 Å². The van der Waals surface area contributed by atoms with Gasteiger partial charge in [-0.2, -0.15) is 0 Å². The molecule has 4 aromatic rings. The summed E-state index contributed by atoms with van der Waals surface area (Å²) in [6, 6.07) is 25.5. The van der Waals surface area contributed by atoms with Gasteiger partial charge in [0, 0.05) is 10.7 Å². The standard InChI is InChI=1S/C23H21ClN6/c1-16-12-13-17(24)14-20(16)28-22-21(25)23(27-15-26-22)29-30(18-8-4-2-5-9-18)19-10-6-3-7-11-19/h2-15H,25H2,1H3,(H2,26,27,28,29). The van der Waals surface area contributed by atoms with Crippen molar-refractivity contribution in [3.05, 3.63) is 95.8 Å². The predicted octanol–water partition coefficient (Wildman–Crippen LogP) is 5.93. The normalized spacial score (nSPS) is 10.5. The van der Waals surface area contributed by atoms with Gasteiger partial charge in [0.1, 0.15) is 12.0 Å². The fourth-order valence-corrected chi connectivity index (χ4v) is 3.15. The van der Waals surface area contributed by atoms with Crippen LogP contribution >= 0.6 is 11.6 Å². The summed E-state index contributed by atoms with van der Waals surface area (Å²) in [4.78, 5) is 8.67. The molecule has 6 nitrogen and oxygen atoms in total. The summed E-state index contributed by atoms with van der Waals surface area (Å²) in [7, 11) is 0. The molecule has 0 amide bonds. The maximum atomic E-state index is 6.41. The Balaban J connectivity index is 1.68. The van der Waals surface area contributed by atoms with Crippen LogP contribution in [0.2, 0.25) is 5.02 Å². The molecule has 0 atom stereocenters. The molecule has 7 heteroatoms. The molecule has 0 bridgehead atoms. The second-order valence-electron chi connectivity index (χ2n) is 6.69. The van der Waals surface area contributed by atoms with Crippen molar-refractivity contribution in [2.45, 2.75) is 6.92 Å². The molecular formula is C23H21ClN6. The number of halogens is 1. The molecule has 3 aromatic carbocycles. The highest BCUT2D eigenvalue weighted by atomic mass is 35.5. The summed E-state index contributed by atoms with van der Waals surface area (Å²) in [5, 5.41) is 5.81. The first-order valence-corrected chi connectivity index (χ1v) is 9.80. The molecule has 0 spiro atoms. The van der Waals surface area contributed by atoms with E-state index in [-0.39, 0.29) is 0 Å². The van der Waals surface area contributed by atoms with Gasteiger partial charge in [-0.1, -0.05) is 54.1 Å². The predicted molar refractivity (Wildman–Crippen MR) is 125 cm³/mol. The minimum Gasteiger partial charge on any atom is -0.393 e. The highest BCUT2D eigenvalue weighted by Gasteiger charge is 2.15. The number of nitrogens with zero attached hydrogens (tertiary/aromatic N) is 3. The number of hydrogen-bond donors (Lipinski definition) is 3. The molecule has 0 saturated carbocycles. The molecule has 1 aromatic heterocycles. The summed E-state index contributed by atoms with van der Waals surface area (Å²) in [6.07, 6.45) is 1.47. The molecule has 0 unspecified atom stereocenters. The van der Waals surface area contributed by atoms with Crippen LogP contribution in [0.15, 0.2) is 85.2 Å². The van der Waals surface area contributed by atoms with E-state index in [4.69, 9.17) is 17.3 Å². The van der Waals surface area contributed by atoms with Crippen molar-refractivity contribution in [1.29, 1.82) is 0 Å². The largest absolute Gasteiger partial charge is 0.393 e. The van der Waals surface area contributed by atoms with Crippen molar-refractivity contribution < 1.29 is 0 Å². The summed E-state index contributed by atoms with van der Waals surface area (Å²) in [5.41, 5.74) is 13.9. The second kappa shape index (κ2) is 8.71. The van der Waals surface area contributed by atoms with Crippen LogP contribution in [0.4, 0.5) is 34.4 Å². The van der Waals surface area contributed by atoms with Gasteiger partial charge in [0.2, 0.25) is 0 Å². The maximum absolute atomic E-state index is 6.41. The molecule has 1 heterocycles. The van der Waals surface area contributed by atoms with Gasteiger partial charge in [-0.15, -0.1) is 0 Å². The van der Waals surface area contributed by atoms with Crippen molar-refractivity contribution in [1.82, 2.24) is 9.97 Å². The summed E-state index contributed by atoms with van der Waals surface area (Å²) >= 11 is 6.14. The minimum absolute atomic E-state index is 0.397. The van der Waals surface area contributed by atoms with E-state index in [0.29, 0.717) is 22.3 Å². The van der Waals surface area contributed by atoms with Crippen LogP contribution in [-0.2, 0) is 0 Å². The second-order valence-corrected chi connectivity index (χ2v) is 7.12. The number of nitrogens with two attached hydrogens (primary N) is 1. The van der Waals surface area contributed by atoms with Crippen LogP contribution in [-0.4, -0.2) is 9.97 Å². The number of rotatable bonds is 6. The van der Waals surface area contributed by atoms with E-state index in [1.807, 2.05) is 90.8 Å². The smallest absolute Gasteiger partial charge is 0.173 e. The molecule has 0 fully saturated rings. The number of aromatic nitrogens is 2. The van der Waals surface area contributed by atoms with Crippen molar-refractivity contribution in [3.8, 4) is 0 Å². The van der Waals surface area contributed by atoms with E-state index < -0.39 is 0 Å². The lowest BCUT2D eigenvalue weighted by molar-refractivity contribution is 1.09. The number of hydrazine groups is 1. The van der Waals surface area contributed by atoms with Gasteiger partial charge < -0.3 is 11.1 Å². The Labute approximate surface area is 180 Å².